The van der Waals surface area contributed by atoms with E-state index in [4.69, 9.17) is 28.0 Å². The van der Waals surface area contributed by atoms with Gasteiger partial charge in [-0.25, -0.2) is 9.36 Å². The normalized spacial score (nSPS) is 27.1. The zero-order valence-corrected chi connectivity index (χ0v) is 44.6. The van der Waals surface area contributed by atoms with Crippen LogP contribution in [0.25, 0.3) is 0 Å². The number of hydrogen-bond acceptors (Lipinski definition) is 17. The maximum Gasteiger partial charge on any atom is 0.472 e. The van der Waals surface area contributed by atoms with Gasteiger partial charge in [0.1, 0.15) is 67.6 Å². The average Bonchev–Trinajstić information content (AvgIpc) is 3.36. The van der Waals surface area contributed by atoms with Gasteiger partial charge in [-0.15, -0.1) is 0 Å². The molecule has 9 N–H and O–H groups in total. The summed E-state index contributed by atoms with van der Waals surface area (Å²) in [5.41, 5.74) is 0. The minimum absolute atomic E-state index is 0.0947. The molecule has 0 radical (unpaired) electrons. The fourth-order valence-corrected chi connectivity index (χ4v) is 9.93. The molecule has 1 saturated heterocycles. The molecule has 0 aromatic heterocycles. The smallest absolute Gasteiger partial charge is 0.462 e. The summed E-state index contributed by atoms with van der Waals surface area (Å²) in [5, 5.41) is 83.0. The van der Waals surface area contributed by atoms with E-state index < -0.39 is 113 Å². The van der Waals surface area contributed by atoms with E-state index in [0.29, 0.717) is 6.42 Å². The third-order valence-electron chi connectivity index (χ3n) is 13.5. The Morgan fingerprint density at radius 1 is 0.556 bits per heavy atom. The quantitative estimate of drug-likeness (QED) is 0.00942. The fraction of sp³-hybridized carbons (Fsp3) is 0.887. The number of phosphoric acid groups is 1. The summed E-state index contributed by atoms with van der Waals surface area (Å²) in [6, 6.07) is 0. The molecule has 0 spiro atoms. The van der Waals surface area contributed by atoms with Crippen molar-refractivity contribution in [3.63, 3.8) is 0 Å². The summed E-state index contributed by atoms with van der Waals surface area (Å²) in [7, 11) is -5.40. The molecule has 0 aromatic carbocycles. The lowest BCUT2D eigenvalue weighted by molar-refractivity contribution is -0.338. The molecular formula is C53H97O18P. The Labute approximate surface area is 430 Å². The van der Waals surface area contributed by atoms with E-state index in [0.717, 1.165) is 51.0 Å². The van der Waals surface area contributed by atoms with E-state index in [2.05, 4.69) is 13.8 Å². The van der Waals surface area contributed by atoms with Crippen molar-refractivity contribution in [3.05, 3.63) is 24.3 Å². The SMILES string of the molecule is CCCCCCCCCCCCCC=CC=CC(=O)OC(COC(=O)CCCCCCCCCCCCCCCCCCC)COP(=O)(O)OC1C(O)C(O)C(O)C(O)C1OC1OC(CO)C(O)C(O)C1O. The monoisotopic (exact) mass is 1050 g/mol. The standard InChI is InChI=1S/C53H97O18P/c1-3-5-7-9-11-13-15-17-19-20-22-23-25-27-29-31-33-35-42(55)66-38-40(68-43(56)36-34-32-30-28-26-24-21-18-16-14-12-10-8-6-4-2)39-67-72(64,65)71-52-49(62)47(60)46(59)48(61)51(52)70-53-50(63)45(58)44(57)41(37-54)69-53/h30,32,34,36,40-41,44-54,57-63H,3-29,31,33,35,37-39H2,1-2H3,(H,64,65). The van der Waals surface area contributed by atoms with Crippen molar-refractivity contribution in [2.24, 2.45) is 0 Å². The van der Waals surface area contributed by atoms with Gasteiger partial charge in [0.25, 0.3) is 0 Å². The highest BCUT2D eigenvalue weighted by molar-refractivity contribution is 7.47. The molecule has 18 nitrogen and oxygen atoms in total. The van der Waals surface area contributed by atoms with Crippen LogP contribution in [0.3, 0.4) is 0 Å². The van der Waals surface area contributed by atoms with Crippen molar-refractivity contribution in [1.29, 1.82) is 0 Å². The van der Waals surface area contributed by atoms with E-state index in [-0.39, 0.29) is 6.42 Å². The van der Waals surface area contributed by atoms with Crippen LogP contribution in [0.2, 0.25) is 0 Å². The summed E-state index contributed by atoms with van der Waals surface area (Å²) in [6.45, 7) is 2.16. The molecule has 2 aliphatic rings. The second-order valence-corrected chi connectivity index (χ2v) is 21.3. The molecule has 1 aliphatic heterocycles. The van der Waals surface area contributed by atoms with Crippen LogP contribution < -0.4 is 0 Å². The van der Waals surface area contributed by atoms with Crippen molar-refractivity contribution in [2.75, 3.05) is 19.8 Å². The first-order valence-corrected chi connectivity index (χ1v) is 29.2. The van der Waals surface area contributed by atoms with Gasteiger partial charge in [0.15, 0.2) is 12.4 Å². The van der Waals surface area contributed by atoms with Crippen LogP contribution in [0.5, 0.6) is 0 Å². The zero-order valence-electron chi connectivity index (χ0n) is 43.7. The van der Waals surface area contributed by atoms with E-state index in [1.807, 2.05) is 6.08 Å². The number of carbonyl (C=O) groups excluding carboxylic acids is 2. The molecule has 2 rings (SSSR count). The number of aliphatic hydroxyl groups is 8. The maximum absolute atomic E-state index is 13.4. The van der Waals surface area contributed by atoms with Crippen molar-refractivity contribution in [2.45, 2.75) is 280 Å². The topological polar surface area (TPSA) is 289 Å². The molecule has 19 heteroatoms. The Morgan fingerprint density at radius 2 is 1.00 bits per heavy atom. The first-order valence-electron chi connectivity index (χ1n) is 27.7. The number of hydrogen-bond donors (Lipinski definition) is 9. The van der Waals surface area contributed by atoms with Crippen LogP contribution in [-0.2, 0) is 42.1 Å². The molecule has 422 valence electrons. The molecule has 0 bridgehead atoms. The van der Waals surface area contributed by atoms with E-state index in [9.17, 15) is 59.9 Å². The first kappa shape index (κ1) is 66.2. The molecule has 1 aliphatic carbocycles. The third kappa shape index (κ3) is 28.3. The molecule has 1 saturated carbocycles. The van der Waals surface area contributed by atoms with Gasteiger partial charge in [-0.05, 0) is 19.3 Å². The van der Waals surface area contributed by atoms with Gasteiger partial charge in [0, 0.05) is 12.5 Å². The van der Waals surface area contributed by atoms with E-state index in [1.165, 1.54) is 141 Å². The van der Waals surface area contributed by atoms with Crippen LogP contribution in [0.4, 0.5) is 0 Å². The van der Waals surface area contributed by atoms with E-state index in [1.54, 1.807) is 6.08 Å². The van der Waals surface area contributed by atoms with Crippen LogP contribution >= 0.6 is 7.82 Å². The van der Waals surface area contributed by atoms with Gasteiger partial charge in [0.05, 0.1) is 13.2 Å². The Bertz CT molecular complexity index is 1480. The maximum atomic E-state index is 13.4. The predicted molar refractivity (Wildman–Crippen MR) is 272 cm³/mol. The van der Waals surface area contributed by atoms with Gasteiger partial charge < -0.3 is 64.7 Å². The Kier molecular flexibility index (Phi) is 37.2. The number of unbranched alkanes of at least 4 members (excludes halogenated alkanes) is 27. The van der Waals surface area contributed by atoms with Gasteiger partial charge in [-0.2, -0.15) is 0 Å². The molecular weight excluding hydrogens is 956 g/mol. The third-order valence-corrected chi connectivity index (χ3v) is 14.5. The summed E-state index contributed by atoms with van der Waals surface area (Å²) in [4.78, 5) is 36.5. The highest BCUT2D eigenvalue weighted by Gasteiger charge is 2.55. The van der Waals surface area contributed by atoms with Gasteiger partial charge in [-0.1, -0.05) is 199 Å². The second-order valence-electron chi connectivity index (χ2n) is 19.9. The summed E-state index contributed by atoms with van der Waals surface area (Å²) in [6.07, 6.45) is 17.4. The van der Waals surface area contributed by atoms with Gasteiger partial charge in [-0.3, -0.25) is 13.8 Å². The Hall–Kier alpha value is -1.87. The van der Waals surface area contributed by atoms with E-state index >= 15 is 0 Å². The zero-order chi connectivity index (χ0) is 53.0. The fourth-order valence-electron chi connectivity index (χ4n) is 8.97. The summed E-state index contributed by atoms with van der Waals surface area (Å²) in [5.74, 6) is -1.46. The molecule has 13 atom stereocenters. The Morgan fingerprint density at radius 3 is 1.49 bits per heavy atom. The largest absolute Gasteiger partial charge is 0.472 e. The highest BCUT2D eigenvalue weighted by Crippen LogP contribution is 2.48. The Balaban J connectivity index is 1.93. The van der Waals surface area contributed by atoms with Crippen molar-refractivity contribution < 1.29 is 87.9 Å². The number of carbonyl (C=O) groups is 2. The van der Waals surface area contributed by atoms with Crippen molar-refractivity contribution in [1.82, 2.24) is 0 Å². The lowest BCUT2D eigenvalue weighted by Gasteiger charge is -2.47. The molecule has 13 unspecified atom stereocenters. The number of rotatable bonds is 43. The number of ether oxygens (including phenoxy) is 4. The van der Waals surface area contributed by atoms with Crippen LogP contribution in [0.1, 0.15) is 206 Å². The molecule has 0 aromatic rings. The predicted octanol–water partition coefficient (Wildman–Crippen LogP) is 7.44. The molecule has 2 fully saturated rings. The minimum atomic E-state index is -5.40. The van der Waals surface area contributed by atoms with Crippen LogP contribution in [-0.4, -0.2) is 151 Å². The van der Waals surface area contributed by atoms with Crippen molar-refractivity contribution in [3.8, 4) is 0 Å². The van der Waals surface area contributed by atoms with Gasteiger partial charge in [0.2, 0.25) is 0 Å². The minimum Gasteiger partial charge on any atom is -0.462 e. The number of phosphoric ester groups is 1. The number of esters is 2. The average molecular weight is 1050 g/mol. The van der Waals surface area contributed by atoms with Gasteiger partial charge >= 0.3 is 19.8 Å². The molecule has 1 heterocycles. The first-order chi connectivity index (χ1) is 34.7. The molecule has 0 amide bonds. The number of aliphatic hydroxyl groups excluding tert-OH is 8. The van der Waals surface area contributed by atoms with Crippen LogP contribution in [0.15, 0.2) is 24.3 Å². The second kappa shape index (κ2) is 40.4. The lowest BCUT2D eigenvalue weighted by Crippen LogP contribution is -2.67. The van der Waals surface area contributed by atoms with Crippen LogP contribution in [0, 0.1) is 0 Å². The van der Waals surface area contributed by atoms with Crippen molar-refractivity contribution >= 4 is 19.8 Å². The summed E-state index contributed by atoms with van der Waals surface area (Å²) < 4.78 is 45.4. The number of allylic oxidation sites excluding steroid dienone is 3. The summed E-state index contributed by atoms with van der Waals surface area (Å²) >= 11 is 0. The highest BCUT2D eigenvalue weighted by atomic mass is 31.2. The molecule has 72 heavy (non-hydrogen) atoms. The lowest BCUT2D eigenvalue weighted by atomic mass is 9.84.